The molecule has 0 N–H and O–H groups in total. The Bertz CT molecular complexity index is 504. The van der Waals surface area contributed by atoms with Crippen LogP contribution in [-0.2, 0) is 6.42 Å². The Morgan fingerprint density at radius 2 is 1.80 bits per heavy atom. The Balaban J connectivity index is 1.79. The van der Waals surface area contributed by atoms with E-state index in [1.165, 1.54) is 54.7 Å². The van der Waals surface area contributed by atoms with Gasteiger partial charge in [-0.2, -0.15) is 0 Å². The SMILES string of the molecule is CCCCCCCCc1ccc(-c2ccc(Br)cn2)s1. The molecule has 2 rings (SSSR count). The van der Waals surface area contributed by atoms with Gasteiger partial charge < -0.3 is 0 Å². The number of rotatable bonds is 8. The molecule has 0 aliphatic rings. The van der Waals surface area contributed by atoms with Gasteiger partial charge in [-0.25, -0.2) is 0 Å². The fraction of sp³-hybridized carbons (Fsp3) is 0.471. The average molecular weight is 352 g/mol. The van der Waals surface area contributed by atoms with Crippen molar-refractivity contribution in [3.05, 3.63) is 39.8 Å². The molecule has 0 fully saturated rings. The normalized spacial score (nSPS) is 10.9. The first-order chi connectivity index (χ1) is 9.79. The molecule has 0 atom stereocenters. The number of aromatic nitrogens is 1. The molecule has 3 heteroatoms. The maximum absolute atomic E-state index is 4.46. The van der Waals surface area contributed by atoms with Gasteiger partial charge in [0.25, 0.3) is 0 Å². The summed E-state index contributed by atoms with van der Waals surface area (Å²) in [5.74, 6) is 0. The van der Waals surface area contributed by atoms with Gasteiger partial charge in [0.2, 0.25) is 0 Å². The zero-order valence-corrected chi connectivity index (χ0v) is 14.5. The molecule has 2 heterocycles. The predicted molar refractivity (Wildman–Crippen MR) is 92.3 cm³/mol. The standard InChI is InChI=1S/C17H22BrNS/c1-2-3-4-5-6-7-8-15-10-12-17(20-15)16-11-9-14(18)13-19-16/h9-13H,2-8H2,1H3. The maximum atomic E-state index is 4.46. The van der Waals surface area contributed by atoms with Crippen LogP contribution >= 0.6 is 27.3 Å². The van der Waals surface area contributed by atoms with E-state index in [2.05, 4.69) is 52.1 Å². The van der Waals surface area contributed by atoms with Crippen LogP contribution in [-0.4, -0.2) is 4.98 Å². The van der Waals surface area contributed by atoms with Crippen LogP contribution in [0.5, 0.6) is 0 Å². The lowest BCUT2D eigenvalue weighted by Crippen LogP contribution is -1.82. The molecule has 20 heavy (non-hydrogen) atoms. The van der Waals surface area contributed by atoms with E-state index in [4.69, 9.17) is 0 Å². The van der Waals surface area contributed by atoms with Gasteiger partial charge in [0.15, 0.2) is 0 Å². The van der Waals surface area contributed by atoms with Crippen LogP contribution in [0.4, 0.5) is 0 Å². The van der Waals surface area contributed by atoms with E-state index >= 15 is 0 Å². The van der Waals surface area contributed by atoms with Gasteiger partial charge in [0.05, 0.1) is 10.6 Å². The third-order valence-corrected chi connectivity index (χ3v) is 5.05. The van der Waals surface area contributed by atoms with Crippen molar-refractivity contribution < 1.29 is 0 Å². The highest BCUT2D eigenvalue weighted by Gasteiger charge is 2.04. The Labute approximate surface area is 134 Å². The third-order valence-electron chi connectivity index (χ3n) is 3.42. The lowest BCUT2D eigenvalue weighted by atomic mass is 10.1. The van der Waals surface area contributed by atoms with E-state index in [1.807, 2.05) is 17.5 Å². The van der Waals surface area contributed by atoms with Crippen molar-refractivity contribution >= 4 is 27.3 Å². The van der Waals surface area contributed by atoms with Crippen LogP contribution in [0.25, 0.3) is 10.6 Å². The molecule has 0 saturated carbocycles. The topological polar surface area (TPSA) is 12.9 Å². The van der Waals surface area contributed by atoms with Crippen molar-refractivity contribution in [3.8, 4) is 10.6 Å². The van der Waals surface area contributed by atoms with Crippen molar-refractivity contribution in [1.29, 1.82) is 0 Å². The van der Waals surface area contributed by atoms with Crippen molar-refractivity contribution in [1.82, 2.24) is 4.98 Å². The Morgan fingerprint density at radius 3 is 2.55 bits per heavy atom. The molecule has 0 saturated heterocycles. The highest BCUT2D eigenvalue weighted by atomic mass is 79.9. The second-order valence-electron chi connectivity index (χ2n) is 5.15. The van der Waals surface area contributed by atoms with E-state index in [9.17, 15) is 0 Å². The minimum absolute atomic E-state index is 1.03. The van der Waals surface area contributed by atoms with E-state index in [0.717, 1.165) is 10.2 Å². The molecule has 2 aromatic rings. The van der Waals surface area contributed by atoms with Crippen LogP contribution < -0.4 is 0 Å². The molecule has 0 aliphatic heterocycles. The fourth-order valence-corrected chi connectivity index (χ4v) is 3.51. The molecule has 0 bridgehead atoms. The molecule has 108 valence electrons. The zero-order chi connectivity index (χ0) is 14.2. The van der Waals surface area contributed by atoms with Crippen molar-refractivity contribution in [3.63, 3.8) is 0 Å². The van der Waals surface area contributed by atoms with Gasteiger partial charge in [-0.15, -0.1) is 11.3 Å². The third kappa shape index (κ3) is 5.02. The number of unbranched alkanes of at least 4 members (excludes halogenated alkanes) is 5. The molecule has 0 aliphatic carbocycles. The second-order valence-corrected chi connectivity index (χ2v) is 7.23. The molecule has 1 nitrogen and oxygen atoms in total. The largest absolute Gasteiger partial charge is 0.254 e. The molecule has 0 aromatic carbocycles. The molecule has 0 radical (unpaired) electrons. The smallest absolute Gasteiger partial charge is 0.0802 e. The van der Waals surface area contributed by atoms with Crippen molar-refractivity contribution in [2.24, 2.45) is 0 Å². The van der Waals surface area contributed by atoms with Crippen LogP contribution in [0.3, 0.4) is 0 Å². The van der Waals surface area contributed by atoms with Gasteiger partial charge in [-0.3, -0.25) is 4.98 Å². The first-order valence-corrected chi connectivity index (χ1v) is 9.11. The first kappa shape index (κ1) is 15.7. The number of thiophene rings is 1. The van der Waals surface area contributed by atoms with Crippen molar-refractivity contribution in [2.45, 2.75) is 51.9 Å². The molecule has 0 spiro atoms. The van der Waals surface area contributed by atoms with E-state index in [-0.39, 0.29) is 0 Å². The van der Waals surface area contributed by atoms with Gasteiger partial charge in [0.1, 0.15) is 0 Å². The number of pyridine rings is 1. The number of halogens is 1. The lowest BCUT2D eigenvalue weighted by molar-refractivity contribution is 0.609. The monoisotopic (exact) mass is 351 g/mol. The summed E-state index contributed by atoms with van der Waals surface area (Å²) in [5, 5.41) is 0. The van der Waals surface area contributed by atoms with E-state index in [1.54, 1.807) is 0 Å². The van der Waals surface area contributed by atoms with Gasteiger partial charge in [0, 0.05) is 15.5 Å². The van der Waals surface area contributed by atoms with Gasteiger partial charge >= 0.3 is 0 Å². The molecule has 0 amide bonds. The minimum atomic E-state index is 1.03. The van der Waals surface area contributed by atoms with Crippen LogP contribution in [0.1, 0.15) is 50.3 Å². The summed E-state index contributed by atoms with van der Waals surface area (Å²) in [7, 11) is 0. The summed E-state index contributed by atoms with van der Waals surface area (Å²) in [5.41, 5.74) is 1.08. The molecule has 2 aromatic heterocycles. The highest BCUT2D eigenvalue weighted by Crippen LogP contribution is 2.28. The average Bonchev–Trinajstić information content (AvgIpc) is 2.92. The summed E-state index contributed by atoms with van der Waals surface area (Å²) in [4.78, 5) is 7.22. The maximum Gasteiger partial charge on any atom is 0.0802 e. The van der Waals surface area contributed by atoms with Crippen molar-refractivity contribution in [2.75, 3.05) is 0 Å². The number of hydrogen-bond acceptors (Lipinski definition) is 2. The molecular formula is C17H22BrNS. The van der Waals surface area contributed by atoms with Gasteiger partial charge in [-0.05, 0) is 53.0 Å². The number of aryl methyl sites for hydroxylation is 1. The van der Waals surface area contributed by atoms with Crippen LogP contribution in [0.15, 0.2) is 34.9 Å². The quantitative estimate of drug-likeness (QED) is 0.496. The van der Waals surface area contributed by atoms with Crippen LogP contribution in [0.2, 0.25) is 0 Å². The second kappa shape index (κ2) is 8.58. The lowest BCUT2D eigenvalue weighted by Gasteiger charge is -1.99. The highest BCUT2D eigenvalue weighted by molar-refractivity contribution is 9.10. The zero-order valence-electron chi connectivity index (χ0n) is 12.1. The first-order valence-electron chi connectivity index (χ1n) is 7.50. The Morgan fingerprint density at radius 1 is 1.00 bits per heavy atom. The number of hydrogen-bond donors (Lipinski definition) is 0. The molecular weight excluding hydrogens is 330 g/mol. The predicted octanol–water partition coefficient (Wildman–Crippen LogP) is 6.48. The Hall–Kier alpha value is -0.670. The van der Waals surface area contributed by atoms with E-state index < -0.39 is 0 Å². The summed E-state index contributed by atoms with van der Waals surface area (Å²) in [6.07, 6.45) is 11.3. The fourth-order valence-electron chi connectivity index (χ4n) is 2.25. The van der Waals surface area contributed by atoms with Gasteiger partial charge in [-0.1, -0.05) is 39.0 Å². The summed E-state index contributed by atoms with van der Waals surface area (Å²) >= 11 is 5.31. The molecule has 0 unspecified atom stereocenters. The van der Waals surface area contributed by atoms with E-state index in [0.29, 0.717) is 0 Å². The summed E-state index contributed by atoms with van der Waals surface area (Å²) in [6, 6.07) is 8.59. The number of nitrogens with zero attached hydrogens (tertiary/aromatic N) is 1. The minimum Gasteiger partial charge on any atom is -0.254 e. The Kier molecular flexibility index (Phi) is 6.74. The summed E-state index contributed by atoms with van der Waals surface area (Å²) < 4.78 is 1.03. The summed E-state index contributed by atoms with van der Waals surface area (Å²) in [6.45, 7) is 2.27. The van der Waals surface area contributed by atoms with Crippen LogP contribution in [0, 0.1) is 0 Å².